The lowest BCUT2D eigenvalue weighted by molar-refractivity contribution is -0.164. The number of hydrogen-bond acceptors (Lipinski definition) is 9. The van der Waals surface area contributed by atoms with E-state index in [-0.39, 0.29) is 56.5 Å². The molecule has 0 spiro atoms. The number of ketones is 1. The van der Waals surface area contributed by atoms with Crippen molar-refractivity contribution >= 4 is 37.2 Å². The van der Waals surface area contributed by atoms with E-state index >= 15 is 0 Å². The summed E-state index contributed by atoms with van der Waals surface area (Å²) in [7, 11) is 0. The van der Waals surface area contributed by atoms with E-state index in [0.29, 0.717) is 53.4 Å². The van der Waals surface area contributed by atoms with Gasteiger partial charge >= 0.3 is 5.97 Å². The van der Waals surface area contributed by atoms with Gasteiger partial charge in [0.1, 0.15) is 18.1 Å². The number of rotatable bonds is 17. The first-order valence-corrected chi connectivity index (χ1v) is 23.2. The van der Waals surface area contributed by atoms with Crippen molar-refractivity contribution in [2.75, 3.05) is 32.8 Å². The topological polar surface area (TPSA) is 137 Å². The molecule has 0 bridgehead atoms. The molecule has 2 fully saturated rings. The van der Waals surface area contributed by atoms with Crippen molar-refractivity contribution < 1.29 is 39.2 Å². The van der Waals surface area contributed by atoms with Crippen LogP contribution in [0.25, 0.3) is 6.08 Å². The summed E-state index contributed by atoms with van der Waals surface area (Å²) < 4.78 is 12.1. The Bertz CT molecular complexity index is 2430. The third-order valence-corrected chi connectivity index (χ3v) is 13.5. The van der Waals surface area contributed by atoms with E-state index in [9.17, 15) is 29.7 Å². The average Bonchev–Trinajstić information content (AvgIpc) is 3.35. The highest BCUT2D eigenvalue weighted by atomic mass is 32.1. The van der Waals surface area contributed by atoms with E-state index in [1.54, 1.807) is 66.7 Å². The number of likely N-dealkylation sites (tertiary alicyclic amines) is 2. The summed E-state index contributed by atoms with van der Waals surface area (Å²) in [5.41, 5.74) is 3.63. The number of unbranched alkanes of at least 4 members (excludes halogenated alkanes) is 1. The van der Waals surface area contributed by atoms with Crippen LogP contribution in [0.1, 0.15) is 107 Å². The maximum absolute atomic E-state index is 13.9. The number of carbonyl (C=O) groups is 3. The first-order valence-electron chi connectivity index (χ1n) is 23.2. The van der Waals surface area contributed by atoms with Gasteiger partial charge in [0.15, 0.2) is 5.78 Å². The summed E-state index contributed by atoms with van der Waals surface area (Å²) in [6.07, 6.45) is 9.89. The van der Waals surface area contributed by atoms with Crippen LogP contribution in [0.4, 0.5) is 0 Å². The van der Waals surface area contributed by atoms with Crippen molar-refractivity contribution in [1.29, 1.82) is 0 Å². The molecule has 1 amide bonds. The molecule has 2 heterocycles. The van der Waals surface area contributed by atoms with Crippen LogP contribution in [0.15, 0.2) is 127 Å². The van der Waals surface area contributed by atoms with Gasteiger partial charge in [0.05, 0.1) is 12.7 Å². The fourth-order valence-electron chi connectivity index (χ4n) is 9.54. The zero-order valence-electron chi connectivity index (χ0n) is 37.5. The molecule has 3 N–H and O–H groups in total. The number of fused-ring (bicyclic) bond motifs is 1. The summed E-state index contributed by atoms with van der Waals surface area (Å²) in [6.45, 7) is 4.62. The van der Waals surface area contributed by atoms with Gasteiger partial charge in [-0.05, 0) is 121 Å². The lowest BCUT2D eigenvalue weighted by atomic mass is 9.86. The summed E-state index contributed by atoms with van der Waals surface area (Å²) in [5, 5.41) is 33.4. The van der Waals surface area contributed by atoms with E-state index < -0.39 is 17.7 Å². The minimum absolute atomic E-state index is 0. The third kappa shape index (κ3) is 11.8. The number of ether oxygens (including phenoxy) is 2. The van der Waals surface area contributed by atoms with Crippen molar-refractivity contribution in [1.82, 2.24) is 9.80 Å². The average molecular weight is 911 g/mol. The Hall–Kier alpha value is -5.72. The Kier molecular flexibility index (Phi) is 16.5. The van der Waals surface area contributed by atoms with Crippen LogP contribution in [0.5, 0.6) is 11.5 Å². The Labute approximate surface area is 395 Å². The van der Waals surface area contributed by atoms with Gasteiger partial charge in [-0.2, -0.15) is 13.5 Å². The lowest BCUT2D eigenvalue weighted by Crippen LogP contribution is -2.40. The van der Waals surface area contributed by atoms with Gasteiger partial charge in [-0.1, -0.05) is 116 Å². The predicted octanol–water partition coefficient (Wildman–Crippen LogP) is 9.06. The number of carbonyl (C=O) groups excluding carboxylic acids is 3. The maximum atomic E-state index is 13.9. The summed E-state index contributed by atoms with van der Waals surface area (Å²) in [6, 6.07) is 37.1. The Morgan fingerprint density at radius 3 is 2.15 bits per heavy atom. The highest BCUT2D eigenvalue weighted by Crippen LogP contribution is 2.36. The molecule has 8 rings (SSSR count). The number of piperidine rings is 2. The SMILES string of the molecule is O=C1C=Cc2c([C@@H](O)CCCCC3CCN(C(=O)c4ccc(COc5cccc([C@](O)(C(=O)OCC6CCN(Cc7ccccc7)CC6)c6ccccc6)c5)cc4)CC3)ccc(O)c2C1.S. The Morgan fingerprint density at radius 2 is 1.42 bits per heavy atom. The van der Waals surface area contributed by atoms with Crippen LogP contribution in [-0.4, -0.2) is 75.6 Å². The van der Waals surface area contributed by atoms with Gasteiger partial charge in [-0.3, -0.25) is 14.5 Å². The largest absolute Gasteiger partial charge is 0.508 e. The van der Waals surface area contributed by atoms with Crippen molar-refractivity contribution in [3.63, 3.8) is 0 Å². The molecule has 0 aromatic heterocycles. The second kappa shape index (κ2) is 22.7. The van der Waals surface area contributed by atoms with E-state index in [1.807, 2.05) is 41.3 Å². The Balaban J connectivity index is 0.00000648. The van der Waals surface area contributed by atoms with Gasteiger partial charge in [0.2, 0.25) is 5.60 Å². The number of amides is 1. The third-order valence-electron chi connectivity index (χ3n) is 13.5. The van der Waals surface area contributed by atoms with Gasteiger partial charge in [0.25, 0.3) is 5.91 Å². The quantitative estimate of drug-likeness (QED) is 0.0617. The molecule has 2 aliphatic heterocycles. The van der Waals surface area contributed by atoms with Crippen molar-refractivity contribution in [3.8, 4) is 11.5 Å². The van der Waals surface area contributed by atoms with Crippen molar-refractivity contribution in [3.05, 3.63) is 172 Å². The number of nitrogens with zero attached hydrogens (tertiary/aromatic N) is 2. The van der Waals surface area contributed by atoms with Gasteiger partial charge < -0.3 is 29.7 Å². The monoisotopic (exact) mass is 910 g/mol. The lowest BCUT2D eigenvalue weighted by Gasteiger charge is -2.33. The molecule has 346 valence electrons. The van der Waals surface area contributed by atoms with Crippen molar-refractivity contribution in [2.45, 2.75) is 82.6 Å². The van der Waals surface area contributed by atoms with E-state index in [4.69, 9.17) is 9.47 Å². The molecule has 1 aliphatic carbocycles. The van der Waals surface area contributed by atoms with Gasteiger partial charge in [0, 0.05) is 42.7 Å². The molecule has 2 saturated heterocycles. The molecule has 3 aliphatic rings. The van der Waals surface area contributed by atoms with Crippen LogP contribution < -0.4 is 4.74 Å². The van der Waals surface area contributed by atoms with E-state index in [0.717, 1.165) is 81.3 Å². The predicted molar refractivity (Wildman–Crippen MR) is 260 cm³/mol. The summed E-state index contributed by atoms with van der Waals surface area (Å²) in [5.74, 6) is 0.562. The molecule has 0 unspecified atom stereocenters. The minimum atomic E-state index is -2.03. The zero-order chi connectivity index (χ0) is 45.2. The van der Waals surface area contributed by atoms with Crippen LogP contribution in [0.2, 0.25) is 0 Å². The molecular formula is C55H62N2O8S. The standard InChI is InChI=1S/C55H60N2O8.H2S/c58-46-22-23-48-49(24-25-52(60)50(48)35-46)51(59)17-8-7-10-39-28-32-57(33-29-39)53(61)43-20-18-41(19-21-43)37-64-47-16-9-15-45(34-47)55(63,44-13-5-2-6-14-44)54(62)65-38-42-26-30-56(31-27-42)36-40-11-3-1-4-12-40;/h1-6,9,11-16,18-25,34,39,42,51,59-60,63H,7-8,10,17,26-33,35-38H2;1H2/t51-,55-;/m0./s1. The molecule has 5 aromatic carbocycles. The maximum Gasteiger partial charge on any atom is 0.347 e. The summed E-state index contributed by atoms with van der Waals surface area (Å²) >= 11 is 0. The minimum Gasteiger partial charge on any atom is -0.508 e. The number of phenols is 1. The first kappa shape index (κ1) is 48.2. The number of aromatic hydroxyl groups is 1. The normalized spacial score (nSPS) is 17.0. The number of phenolic OH excluding ortho intramolecular Hbond substituents is 1. The molecular weight excluding hydrogens is 849 g/mol. The zero-order valence-corrected chi connectivity index (χ0v) is 38.5. The number of aliphatic hydroxyl groups is 2. The number of allylic oxidation sites excluding steroid dienone is 1. The molecule has 66 heavy (non-hydrogen) atoms. The molecule has 0 saturated carbocycles. The second-order valence-corrected chi connectivity index (χ2v) is 18.0. The van der Waals surface area contributed by atoms with Crippen LogP contribution >= 0.6 is 13.5 Å². The number of esters is 1. The highest BCUT2D eigenvalue weighted by Gasteiger charge is 2.42. The van der Waals surface area contributed by atoms with Gasteiger partial charge in [-0.15, -0.1) is 0 Å². The van der Waals surface area contributed by atoms with E-state index in [1.165, 1.54) is 11.6 Å². The van der Waals surface area contributed by atoms with Crippen LogP contribution in [0, 0.1) is 11.8 Å². The van der Waals surface area contributed by atoms with Crippen molar-refractivity contribution in [2.24, 2.45) is 11.8 Å². The fraction of sp³-hybridized carbons (Fsp3) is 0.364. The number of aliphatic hydroxyl groups excluding tert-OH is 1. The fourth-order valence-corrected chi connectivity index (χ4v) is 9.54. The molecule has 11 heteroatoms. The molecule has 2 atom stereocenters. The highest BCUT2D eigenvalue weighted by molar-refractivity contribution is 7.59. The van der Waals surface area contributed by atoms with Crippen LogP contribution in [0.3, 0.4) is 0 Å². The number of benzene rings is 5. The number of hydrogen-bond donors (Lipinski definition) is 3. The van der Waals surface area contributed by atoms with Crippen LogP contribution in [-0.2, 0) is 39.5 Å². The molecule has 0 radical (unpaired) electrons. The summed E-state index contributed by atoms with van der Waals surface area (Å²) in [4.78, 5) is 43.6. The van der Waals surface area contributed by atoms with Gasteiger partial charge in [-0.25, -0.2) is 4.79 Å². The smallest absolute Gasteiger partial charge is 0.347 e. The molecule has 10 nitrogen and oxygen atoms in total. The van der Waals surface area contributed by atoms with E-state index in [2.05, 4.69) is 29.2 Å². The molecule has 5 aromatic rings. The first-order chi connectivity index (χ1) is 31.6. The Morgan fingerprint density at radius 1 is 0.742 bits per heavy atom. The second-order valence-electron chi connectivity index (χ2n) is 18.0.